The standard InChI is InChI=1S/C16H20N4OS/c1-2-14(21-8-1)16-19-13-4-7-17-6-3-12(13)15(20-16)18-11-5-9-22-10-11/h1-2,8,11,17H,3-7,9-10H2,(H,18,19,20)/t11-/m0/s1. The van der Waals surface area contributed by atoms with Crippen LogP contribution < -0.4 is 10.6 Å². The Morgan fingerprint density at radius 2 is 2.23 bits per heavy atom. The molecule has 2 aromatic heterocycles. The maximum atomic E-state index is 5.49. The Morgan fingerprint density at radius 3 is 3.05 bits per heavy atom. The summed E-state index contributed by atoms with van der Waals surface area (Å²) in [7, 11) is 0. The molecule has 2 N–H and O–H groups in total. The van der Waals surface area contributed by atoms with Crippen molar-refractivity contribution in [3.8, 4) is 11.6 Å². The molecule has 1 saturated heterocycles. The molecule has 0 aliphatic carbocycles. The van der Waals surface area contributed by atoms with Crippen LogP contribution in [0.25, 0.3) is 11.6 Å². The molecule has 0 radical (unpaired) electrons. The summed E-state index contributed by atoms with van der Waals surface area (Å²) in [5.74, 6) is 4.83. The maximum absolute atomic E-state index is 5.49. The lowest BCUT2D eigenvalue weighted by Gasteiger charge is -2.17. The van der Waals surface area contributed by atoms with Crippen LogP contribution in [0.1, 0.15) is 17.7 Å². The van der Waals surface area contributed by atoms with Crippen molar-refractivity contribution in [2.45, 2.75) is 25.3 Å². The smallest absolute Gasteiger partial charge is 0.197 e. The van der Waals surface area contributed by atoms with E-state index in [2.05, 4.69) is 10.6 Å². The molecule has 0 amide bonds. The van der Waals surface area contributed by atoms with Crippen LogP contribution in [0.3, 0.4) is 0 Å². The maximum Gasteiger partial charge on any atom is 0.197 e. The van der Waals surface area contributed by atoms with Crippen LogP contribution in [-0.4, -0.2) is 40.6 Å². The van der Waals surface area contributed by atoms with Gasteiger partial charge in [-0.05, 0) is 37.3 Å². The van der Waals surface area contributed by atoms with E-state index in [4.69, 9.17) is 14.4 Å². The summed E-state index contributed by atoms with van der Waals surface area (Å²) in [4.78, 5) is 9.54. The van der Waals surface area contributed by atoms with Crippen molar-refractivity contribution in [2.75, 3.05) is 29.9 Å². The third kappa shape index (κ3) is 2.85. The van der Waals surface area contributed by atoms with Crippen molar-refractivity contribution in [3.05, 3.63) is 29.7 Å². The molecule has 2 aliphatic rings. The van der Waals surface area contributed by atoms with Crippen LogP contribution in [0.4, 0.5) is 5.82 Å². The third-order valence-corrected chi connectivity index (χ3v) is 5.36. The van der Waals surface area contributed by atoms with Gasteiger partial charge in [0.1, 0.15) is 5.82 Å². The third-order valence-electron chi connectivity index (χ3n) is 4.20. The predicted octanol–water partition coefficient (Wildman–Crippen LogP) is 2.34. The first kappa shape index (κ1) is 14.1. The summed E-state index contributed by atoms with van der Waals surface area (Å²) in [6, 6.07) is 4.32. The normalized spacial score (nSPS) is 21.4. The zero-order valence-electron chi connectivity index (χ0n) is 12.5. The number of anilines is 1. The van der Waals surface area contributed by atoms with Gasteiger partial charge in [0.15, 0.2) is 11.6 Å². The zero-order valence-corrected chi connectivity index (χ0v) is 13.3. The molecular formula is C16H20N4OS. The van der Waals surface area contributed by atoms with Gasteiger partial charge in [0.05, 0.1) is 12.0 Å². The first-order valence-corrected chi connectivity index (χ1v) is 9.04. The fraction of sp³-hybridized carbons (Fsp3) is 0.500. The quantitative estimate of drug-likeness (QED) is 0.906. The van der Waals surface area contributed by atoms with Gasteiger partial charge in [-0.2, -0.15) is 11.8 Å². The minimum absolute atomic E-state index is 0.518. The van der Waals surface area contributed by atoms with Crippen LogP contribution in [-0.2, 0) is 12.8 Å². The first-order valence-electron chi connectivity index (χ1n) is 7.89. The van der Waals surface area contributed by atoms with E-state index in [0.29, 0.717) is 11.9 Å². The Morgan fingerprint density at radius 1 is 1.27 bits per heavy atom. The van der Waals surface area contributed by atoms with Crippen molar-refractivity contribution in [2.24, 2.45) is 0 Å². The molecule has 5 nitrogen and oxygen atoms in total. The molecule has 2 aromatic rings. The van der Waals surface area contributed by atoms with E-state index >= 15 is 0 Å². The lowest BCUT2D eigenvalue weighted by Crippen LogP contribution is -2.21. The van der Waals surface area contributed by atoms with Gasteiger partial charge in [0.25, 0.3) is 0 Å². The van der Waals surface area contributed by atoms with E-state index in [-0.39, 0.29) is 0 Å². The average Bonchev–Trinajstić information content (AvgIpc) is 3.18. The molecule has 1 fully saturated rings. The van der Waals surface area contributed by atoms with E-state index in [9.17, 15) is 0 Å². The number of fused-ring (bicyclic) bond motifs is 1. The highest BCUT2D eigenvalue weighted by molar-refractivity contribution is 7.99. The highest BCUT2D eigenvalue weighted by Crippen LogP contribution is 2.27. The minimum atomic E-state index is 0.518. The number of hydrogen-bond donors (Lipinski definition) is 2. The number of hydrogen-bond acceptors (Lipinski definition) is 6. The molecule has 4 heterocycles. The molecule has 0 spiro atoms. The van der Waals surface area contributed by atoms with Gasteiger partial charge < -0.3 is 15.1 Å². The molecule has 4 rings (SSSR count). The van der Waals surface area contributed by atoms with Crippen LogP contribution >= 0.6 is 11.8 Å². The minimum Gasteiger partial charge on any atom is -0.461 e. The molecule has 1 atom stereocenters. The molecule has 6 heteroatoms. The second-order valence-corrected chi connectivity index (χ2v) is 6.90. The van der Waals surface area contributed by atoms with E-state index in [0.717, 1.165) is 49.0 Å². The van der Waals surface area contributed by atoms with Gasteiger partial charge in [0.2, 0.25) is 0 Å². The molecule has 116 valence electrons. The van der Waals surface area contributed by atoms with Crippen molar-refractivity contribution in [1.29, 1.82) is 0 Å². The Kier molecular flexibility index (Phi) is 4.03. The molecule has 0 saturated carbocycles. The average molecular weight is 316 g/mol. The number of rotatable bonds is 3. The largest absolute Gasteiger partial charge is 0.461 e. The van der Waals surface area contributed by atoms with Gasteiger partial charge >= 0.3 is 0 Å². The fourth-order valence-electron chi connectivity index (χ4n) is 3.02. The van der Waals surface area contributed by atoms with Gasteiger partial charge in [-0.25, -0.2) is 9.97 Å². The van der Waals surface area contributed by atoms with Crippen LogP contribution in [0, 0.1) is 0 Å². The first-order chi connectivity index (χ1) is 10.9. The van der Waals surface area contributed by atoms with E-state index in [1.54, 1.807) is 6.26 Å². The summed E-state index contributed by atoms with van der Waals surface area (Å²) >= 11 is 2.01. The van der Waals surface area contributed by atoms with Crippen LogP contribution in [0.2, 0.25) is 0 Å². The Balaban J connectivity index is 1.74. The highest BCUT2D eigenvalue weighted by atomic mass is 32.2. The van der Waals surface area contributed by atoms with E-state index in [1.165, 1.54) is 17.7 Å². The number of aromatic nitrogens is 2. The van der Waals surface area contributed by atoms with Crippen LogP contribution in [0.15, 0.2) is 22.8 Å². The summed E-state index contributed by atoms with van der Waals surface area (Å²) in [5, 5.41) is 7.10. The number of thioether (sulfide) groups is 1. The van der Waals surface area contributed by atoms with Crippen LogP contribution in [0.5, 0.6) is 0 Å². The lowest BCUT2D eigenvalue weighted by molar-refractivity contribution is 0.576. The second-order valence-electron chi connectivity index (χ2n) is 5.75. The zero-order chi connectivity index (χ0) is 14.8. The fourth-order valence-corrected chi connectivity index (χ4v) is 4.17. The predicted molar refractivity (Wildman–Crippen MR) is 89.4 cm³/mol. The SMILES string of the molecule is c1coc(-c2nc3c(c(N[C@H]4CCSC4)n2)CCNCC3)c1. The van der Waals surface area contributed by atoms with Crippen molar-refractivity contribution in [1.82, 2.24) is 15.3 Å². The Hall–Kier alpha value is -1.53. The lowest BCUT2D eigenvalue weighted by atomic mass is 10.1. The molecule has 2 aliphatic heterocycles. The van der Waals surface area contributed by atoms with Crippen molar-refractivity contribution < 1.29 is 4.42 Å². The highest BCUT2D eigenvalue weighted by Gasteiger charge is 2.22. The molecule has 0 aromatic carbocycles. The number of furan rings is 1. The Bertz CT molecular complexity index is 638. The van der Waals surface area contributed by atoms with Crippen molar-refractivity contribution in [3.63, 3.8) is 0 Å². The van der Waals surface area contributed by atoms with Gasteiger partial charge in [0, 0.05) is 30.3 Å². The number of nitrogens with one attached hydrogen (secondary N) is 2. The molecule has 0 bridgehead atoms. The van der Waals surface area contributed by atoms with Gasteiger partial charge in [-0.15, -0.1) is 0 Å². The van der Waals surface area contributed by atoms with E-state index < -0.39 is 0 Å². The molecule has 0 unspecified atom stereocenters. The summed E-state index contributed by atoms with van der Waals surface area (Å²) in [5.41, 5.74) is 2.43. The summed E-state index contributed by atoms with van der Waals surface area (Å²) < 4.78 is 5.49. The van der Waals surface area contributed by atoms with Gasteiger partial charge in [-0.3, -0.25) is 0 Å². The Labute approximate surface area is 134 Å². The monoisotopic (exact) mass is 316 g/mol. The molecule has 22 heavy (non-hydrogen) atoms. The van der Waals surface area contributed by atoms with E-state index in [1.807, 2.05) is 23.9 Å². The van der Waals surface area contributed by atoms with Gasteiger partial charge in [-0.1, -0.05) is 0 Å². The summed E-state index contributed by atoms with van der Waals surface area (Å²) in [6.07, 6.45) is 4.81. The summed E-state index contributed by atoms with van der Waals surface area (Å²) in [6.45, 7) is 1.96. The topological polar surface area (TPSA) is 63.0 Å². The second kappa shape index (κ2) is 6.30. The van der Waals surface area contributed by atoms with Crippen molar-refractivity contribution >= 4 is 17.6 Å². The molecular weight excluding hydrogens is 296 g/mol. The number of nitrogens with zero attached hydrogens (tertiary/aromatic N) is 2.